The first-order chi connectivity index (χ1) is 13.3. The molecule has 0 saturated heterocycles. The van der Waals surface area contributed by atoms with Gasteiger partial charge in [0, 0.05) is 28.6 Å². The number of phenols is 1. The van der Waals surface area contributed by atoms with Crippen molar-refractivity contribution in [1.29, 1.82) is 0 Å². The Bertz CT molecular complexity index is 800. The molecule has 0 spiro atoms. The standard InChI is InChI=1S/C24H34FNO2/c1-6-7-8-9-10-19-22(18-12-11-17(25)13-21(18)28)20(14-27)24(16(4)5)26-23(19)15(2)3/h11-13,15-16,27-28H,6-10,14H2,1-5H3. The number of pyridine rings is 1. The molecule has 0 amide bonds. The van der Waals surface area contributed by atoms with Crippen molar-refractivity contribution in [3.05, 3.63) is 46.5 Å². The van der Waals surface area contributed by atoms with E-state index in [1.165, 1.54) is 12.5 Å². The van der Waals surface area contributed by atoms with Gasteiger partial charge in [0.05, 0.1) is 6.61 Å². The molecule has 154 valence electrons. The first-order valence-corrected chi connectivity index (χ1v) is 10.5. The van der Waals surface area contributed by atoms with Crippen LogP contribution in [0, 0.1) is 5.82 Å². The summed E-state index contributed by atoms with van der Waals surface area (Å²) in [4.78, 5) is 4.96. The highest BCUT2D eigenvalue weighted by Gasteiger charge is 2.24. The topological polar surface area (TPSA) is 53.4 Å². The predicted octanol–water partition coefficient (Wildman–Crippen LogP) is 6.46. The van der Waals surface area contributed by atoms with Gasteiger partial charge in [-0.05, 0) is 47.9 Å². The lowest BCUT2D eigenvalue weighted by atomic mass is 9.85. The largest absolute Gasteiger partial charge is 0.507 e. The van der Waals surface area contributed by atoms with Gasteiger partial charge in [0.1, 0.15) is 11.6 Å². The second-order valence-corrected chi connectivity index (χ2v) is 8.15. The van der Waals surface area contributed by atoms with E-state index in [4.69, 9.17) is 4.98 Å². The number of unbranched alkanes of at least 4 members (excludes halogenated alkanes) is 3. The van der Waals surface area contributed by atoms with Crippen LogP contribution in [0.15, 0.2) is 18.2 Å². The Kier molecular flexibility index (Phi) is 7.99. The van der Waals surface area contributed by atoms with Crippen LogP contribution in [-0.4, -0.2) is 15.2 Å². The van der Waals surface area contributed by atoms with Crippen LogP contribution in [0.5, 0.6) is 5.75 Å². The van der Waals surface area contributed by atoms with Gasteiger partial charge in [-0.25, -0.2) is 4.39 Å². The molecular weight excluding hydrogens is 353 g/mol. The van der Waals surface area contributed by atoms with Crippen LogP contribution >= 0.6 is 0 Å². The summed E-state index contributed by atoms with van der Waals surface area (Å²) in [5, 5.41) is 20.7. The fourth-order valence-electron chi connectivity index (χ4n) is 3.84. The van der Waals surface area contributed by atoms with Crippen LogP contribution in [0.25, 0.3) is 11.1 Å². The Hall–Kier alpha value is -1.94. The molecule has 0 bridgehead atoms. The van der Waals surface area contributed by atoms with Crippen LogP contribution in [0.1, 0.15) is 94.7 Å². The molecule has 0 aliphatic heterocycles. The molecule has 0 atom stereocenters. The van der Waals surface area contributed by atoms with Crippen LogP contribution in [0.4, 0.5) is 4.39 Å². The van der Waals surface area contributed by atoms with Crippen molar-refractivity contribution in [2.75, 3.05) is 0 Å². The summed E-state index contributed by atoms with van der Waals surface area (Å²) in [6.45, 7) is 10.4. The average molecular weight is 388 g/mol. The molecular formula is C24H34FNO2. The number of phenolic OH excluding ortho intramolecular Hbond substituents is 1. The summed E-state index contributed by atoms with van der Waals surface area (Å²) in [6.07, 6.45) is 5.32. The van der Waals surface area contributed by atoms with Crippen molar-refractivity contribution >= 4 is 0 Å². The van der Waals surface area contributed by atoms with Gasteiger partial charge in [0.25, 0.3) is 0 Å². The average Bonchev–Trinajstić information content (AvgIpc) is 2.64. The summed E-state index contributed by atoms with van der Waals surface area (Å²) in [5.41, 5.74) is 5.08. The van der Waals surface area contributed by atoms with Crippen LogP contribution < -0.4 is 0 Å². The monoisotopic (exact) mass is 387 g/mol. The lowest BCUT2D eigenvalue weighted by Gasteiger charge is -2.24. The molecule has 4 heteroatoms. The van der Waals surface area contributed by atoms with Gasteiger partial charge >= 0.3 is 0 Å². The molecule has 0 radical (unpaired) electrons. The van der Waals surface area contributed by atoms with Crippen molar-refractivity contribution in [2.24, 2.45) is 0 Å². The highest BCUT2D eigenvalue weighted by molar-refractivity contribution is 5.77. The first kappa shape index (κ1) is 22.4. The Morgan fingerprint density at radius 3 is 2.14 bits per heavy atom. The zero-order chi connectivity index (χ0) is 20.8. The summed E-state index contributed by atoms with van der Waals surface area (Å²) in [7, 11) is 0. The number of benzene rings is 1. The van der Waals surface area contributed by atoms with Crippen molar-refractivity contribution in [3.63, 3.8) is 0 Å². The van der Waals surface area contributed by atoms with Crippen LogP contribution in [-0.2, 0) is 13.0 Å². The second kappa shape index (κ2) is 10.0. The predicted molar refractivity (Wildman–Crippen MR) is 113 cm³/mol. The zero-order valence-electron chi connectivity index (χ0n) is 17.8. The fourth-order valence-corrected chi connectivity index (χ4v) is 3.84. The molecule has 2 aromatic rings. The molecule has 1 aromatic carbocycles. The Morgan fingerprint density at radius 1 is 0.964 bits per heavy atom. The summed E-state index contributed by atoms with van der Waals surface area (Å²) < 4.78 is 13.6. The summed E-state index contributed by atoms with van der Waals surface area (Å²) >= 11 is 0. The minimum Gasteiger partial charge on any atom is -0.507 e. The second-order valence-electron chi connectivity index (χ2n) is 8.15. The molecule has 28 heavy (non-hydrogen) atoms. The quantitative estimate of drug-likeness (QED) is 0.486. The number of hydrogen-bond donors (Lipinski definition) is 2. The van der Waals surface area contributed by atoms with Crippen molar-refractivity contribution in [1.82, 2.24) is 4.98 Å². The van der Waals surface area contributed by atoms with Crippen molar-refractivity contribution < 1.29 is 14.6 Å². The molecule has 0 aliphatic carbocycles. The summed E-state index contributed by atoms with van der Waals surface area (Å²) in [5.74, 6) is -0.221. The summed E-state index contributed by atoms with van der Waals surface area (Å²) in [6, 6.07) is 4.12. The number of aromatic hydroxyl groups is 1. The van der Waals surface area contributed by atoms with Crippen LogP contribution in [0.2, 0.25) is 0 Å². The van der Waals surface area contributed by atoms with Gasteiger partial charge in [0.2, 0.25) is 0 Å². The molecule has 1 aromatic heterocycles. The number of rotatable bonds is 9. The smallest absolute Gasteiger partial charge is 0.126 e. The molecule has 0 saturated carbocycles. The SMILES string of the molecule is CCCCCCc1c(C(C)C)nc(C(C)C)c(CO)c1-c1ccc(F)cc1O. The van der Waals surface area contributed by atoms with Gasteiger partial charge in [0.15, 0.2) is 0 Å². The number of hydrogen-bond acceptors (Lipinski definition) is 3. The minimum atomic E-state index is -0.474. The number of aliphatic hydroxyl groups excluding tert-OH is 1. The number of aromatic nitrogens is 1. The molecule has 2 rings (SSSR count). The number of nitrogens with zero attached hydrogens (tertiary/aromatic N) is 1. The van der Waals surface area contributed by atoms with E-state index < -0.39 is 5.82 Å². The lowest BCUT2D eigenvalue weighted by Crippen LogP contribution is -2.12. The minimum absolute atomic E-state index is 0.0971. The van der Waals surface area contributed by atoms with Crippen molar-refractivity contribution in [3.8, 4) is 16.9 Å². The maximum Gasteiger partial charge on any atom is 0.126 e. The van der Waals surface area contributed by atoms with E-state index in [2.05, 4.69) is 34.6 Å². The number of aliphatic hydroxyl groups is 1. The third-order valence-electron chi connectivity index (χ3n) is 5.22. The third kappa shape index (κ3) is 4.91. The Balaban J connectivity index is 2.77. The maximum atomic E-state index is 13.6. The highest BCUT2D eigenvalue weighted by Crippen LogP contribution is 2.41. The van der Waals surface area contributed by atoms with E-state index in [0.29, 0.717) is 5.56 Å². The van der Waals surface area contributed by atoms with Crippen molar-refractivity contribution in [2.45, 2.75) is 85.2 Å². The van der Waals surface area contributed by atoms with Crippen LogP contribution in [0.3, 0.4) is 0 Å². The van der Waals surface area contributed by atoms with E-state index >= 15 is 0 Å². The molecule has 0 fully saturated rings. The molecule has 3 nitrogen and oxygen atoms in total. The van der Waals surface area contributed by atoms with Gasteiger partial charge in [-0.1, -0.05) is 53.9 Å². The first-order valence-electron chi connectivity index (χ1n) is 10.5. The Morgan fingerprint density at radius 2 is 1.61 bits per heavy atom. The maximum absolute atomic E-state index is 13.6. The lowest BCUT2D eigenvalue weighted by molar-refractivity contribution is 0.279. The zero-order valence-corrected chi connectivity index (χ0v) is 17.8. The van der Waals surface area contributed by atoms with E-state index in [-0.39, 0.29) is 24.2 Å². The fraction of sp³-hybridized carbons (Fsp3) is 0.542. The molecule has 0 unspecified atom stereocenters. The third-order valence-corrected chi connectivity index (χ3v) is 5.22. The highest BCUT2D eigenvalue weighted by atomic mass is 19.1. The van der Waals surface area contributed by atoms with E-state index in [1.807, 2.05) is 0 Å². The normalized spacial score (nSPS) is 11.6. The number of halogens is 1. The van der Waals surface area contributed by atoms with Gasteiger partial charge in [-0.2, -0.15) is 0 Å². The van der Waals surface area contributed by atoms with E-state index in [9.17, 15) is 14.6 Å². The van der Waals surface area contributed by atoms with E-state index in [1.54, 1.807) is 6.07 Å². The van der Waals surface area contributed by atoms with Gasteiger partial charge in [-0.15, -0.1) is 0 Å². The molecule has 1 heterocycles. The Labute approximate surface area is 168 Å². The molecule has 2 N–H and O–H groups in total. The van der Waals surface area contributed by atoms with Gasteiger partial charge in [-0.3, -0.25) is 4.98 Å². The molecule has 0 aliphatic rings. The van der Waals surface area contributed by atoms with E-state index in [0.717, 1.165) is 59.8 Å². The van der Waals surface area contributed by atoms with Gasteiger partial charge < -0.3 is 10.2 Å².